The zero-order valence-corrected chi connectivity index (χ0v) is 17.9. The van der Waals surface area contributed by atoms with Gasteiger partial charge in [-0.25, -0.2) is 8.42 Å². The number of benzene rings is 2. The van der Waals surface area contributed by atoms with Crippen molar-refractivity contribution in [2.75, 3.05) is 39.3 Å². The molecule has 0 unspecified atom stereocenters. The molecule has 1 amide bonds. The number of likely N-dealkylation sites (N-methyl/N-ethyl adjacent to an activating group) is 1. The molecule has 0 bridgehead atoms. The molecule has 2 aromatic rings. The number of aryl methyl sites for hydroxylation is 1. The summed E-state index contributed by atoms with van der Waals surface area (Å²) in [6.45, 7) is 7.91. The van der Waals surface area contributed by atoms with Crippen LogP contribution in [0.15, 0.2) is 59.5 Å². The highest BCUT2D eigenvalue weighted by molar-refractivity contribution is 7.89. The fraction of sp³-hybridized carbons (Fsp3) is 0.409. The Labute approximate surface area is 173 Å². The van der Waals surface area contributed by atoms with Crippen LogP contribution in [-0.4, -0.2) is 67.7 Å². The second-order valence-electron chi connectivity index (χ2n) is 7.39. The van der Waals surface area contributed by atoms with Crippen LogP contribution in [0.2, 0.25) is 0 Å². The second kappa shape index (κ2) is 9.52. The highest BCUT2D eigenvalue weighted by atomic mass is 32.2. The molecule has 1 aliphatic rings. The van der Waals surface area contributed by atoms with Crippen LogP contribution < -0.4 is 0 Å². The molecule has 6 nitrogen and oxygen atoms in total. The van der Waals surface area contributed by atoms with Gasteiger partial charge in [-0.15, -0.1) is 0 Å². The maximum atomic E-state index is 13.3. The van der Waals surface area contributed by atoms with Crippen LogP contribution in [-0.2, 0) is 21.4 Å². The lowest BCUT2D eigenvalue weighted by atomic mass is 10.2. The molecule has 0 saturated carbocycles. The van der Waals surface area contributed by atoms with E-state index >= 15 is 0 Å². The minimum Gasteiger partial charge on any atom is -0.339 e. The van der Waals surface area contributed by atoms with Crippen molar-refractivity contribution in [1.29, 1.82) is 0 Å². The van der Waals surface area contributed by atoms with Gasteiger partial charge in [0.25, 0.3) is 0 Å². The Kier molecular flexibility index (Phi) is 7.05. The fourth-order valence-electron chi connectivity index (χ4n) is 3.44. The van der Waals surface area contributed by atoms with Gasteiger partial charge in [0.2, 0.25) is 15.9 Å². The Morgan fingerprint density at radius 1 is 0.966 bits per heavy atom. The average Bonchev–Trinajstić information content (AvgIpc) is 2.74. The quantitative estimate of drug-likeness (QED) is 0.697. The van der Waals surface area contributed by atoms with Crippen molar-refractivity contribution < 1.29 is 13.2 Å². The average molecular weight is 416 g/mol. The van der Waals surface area contributed by atoms with E-state index in [2.05, 4.69) is 11.8 Å². The summed E-state index contributed by atoms with van der Waals surface area (Å²) in [5.74, 6) is -0.146. The number of hydrogen-bond acceptors (Lipinski definition) is 4. The first-order valence-electron chi connectivity index (χ1n) is 10.0. The maximum Gasteiger partial charge on any atom is 0.243 e. The SMILES string of the molecule is CCN1CCN(C(=O)CN(Cc2ccccc2)S(=O)(=O)c2ccc(C)cc2)CC1. The molecule has 1 aliphatic heterocycles. The molecule has 3 rings (SSSR count). The molecule has 0 N–H and O–H groups in total. The molecule has 1 saturated heterocycles. The molecule has 0 aliphatic carbocycles. The van der Waals surface area contributed by atoms with Crippen molar-refractivity contribution in [3.63, 3.8) is 0 Å². The Morgan fingerprint density at radius 3 is 2.17 bits per heavy atom. The fourth-order valence-corrected chi connectivity index (χ4v) is 4.81. The van der Waals surface area contributed by atoms with Crippen LogP contribution in [0.25, 0.3) is 0 Å². The summed E-state index contributed by atoms with van der Waals surface area (Å²) in [4.78, 5) is 17.2. The normalized spacial score (nSPS) is 15.6. The minimum atomic E-state index is -3.79. The number of piperazine rings is 1. The molecule has 2 aromatic carbocycles. The van der Waals surface area contributed by atoms with Gasteiger partial charge in [-0.05, 0) is 31.2 Å². The van der Waals surface area contributed by atoms with Crippen LogP contribution in [0.4, 0.5) is 0 Å². The summed E-state index contributed by atoms with van der Waals surface area (Å²) >= 11 is 0. The van der Waals surface area contributed by atoms with Crippen molar-refractivity contribution in [2.24, 2.45) is 0 Å². The van der Waals surface area contributed by atoms with Crippen LogP contribution in [0.1, 0.15) is 18.1 Å². The highest BCUT2D eigenvalue weighted by Crippen LogP contribution is 2.19. The van der Waals surface area contributed by atoms with E-state index in [1.165, 1.54) is 4.31 Å². The molecule has 7 heteroatoms. The number of sulfonamides is 1. The van der Waals surface area contributed by atoms with Crippen molar-refractivity contribution >= 4 is 15.9 Å². The van der Waals surface area contributed by atoms with Crippen molar-refractivity contribution in [2.45, 2.75) is 25.3 Å². The number of carbonyl (C=O) groups is 1. The first-order chi connectivity index (χ1) is 13.9. The summed E-state index contributed by atoms with van der Waals surface area (Å²) in [5.41, 5.74) is 1.84. The van der Waals surface area contributed by atoms with Gasteiger partial charge in [0.05, 0.1) is 11.4 Å². The van der Waals surface area contributed by atoms with Gasteiger partial charge in [-0.1, -0.05) is 55.0 Å². The Morgan fingerprint density at radius 2 is 1.59 bits per heavy atom. The Hall–Kier alpha value is -2.22. The molecule has 1 fully saturated rings. The Bertz CT molecular complexity index is 906. The topological polar surface area (TPSA) is 60.9 Å². The third-order valence-electron chi connectivity index (χ3n) is 5.34. The summed E-state index contributed by atoms with van der Waals surface area (Å²) < 4.78 is 27.9. The zero-order valence-electron chi connectivity index (χ0n) is 17.1. The molecular formula is C22H29N3O3S. The molecule has 0 atom stereocenters. The van der Waals surface area contributed by atoms with Crippen molar-refractivity contribution in [3.8, 4) is 0 Å². The summed E-state index contributed by atoms with van der Waals surface area (Å²) in [7, 11) is -3.79. The van der Waals surface area contributed by atoms with Gasteiger partial charge in [0.15, 0.2) is 0 Å². The van der Waals surface area contributed by atoms with E-state index in [4.69, 9.17) is 0 Å². The van der Waals surface area contributed by atoms with Crippen molar-refractivity contribution in [1.82, 2.24) is 14.1 Å². The van der Waals surface area contributed by atoms with Crippen LogP contribution in [0.3, 0.4) is 0 Å². The standard InChI is InChI=1S/C22H29N3O3S/c1-3-23-13-15-24(16-14-23)22(26)18-25(17-20-7-5-4-6-8-20)29(27,28)21-11-9-19(2)10-12-21/h4-12H,3,13-18H2,1-2H3. The van der Waals surface area contributed by atoms with Gasteiger partial charge in [0, 0.05) is 32.7 Å². The predicted octanol–water partition coefficient (Wildman–Crippen LogP) is 2.35. The van der Waals surface area contributed by atoms with E-state index in [0.717, 1.165) is 30.8 Å². The lowest BCUT2D eigenvalue weighted by molar-refractivity contribution is -0.133. The molecule has 0 aromatic heterocycles. The van der Waals surface area contributed by atoms with Crippen LogP contribution in [0, 0.1) is 6.92 Å². The summed E-state index contributed by atoms with van der Waals surface area (Å²) in [6, 6.07) is 16.2. The molecule has 29 heavy (non-hydrogen) atoms. The van der Waals surface area contributed by atoms with Crippen LogP contribution >= 0.6 is 0 Å². The summed E-state index contributed by atoms with van der Waals surface area (Å²) in [6.07, 6.45) is 0. The van der Waals surface area contributed by atoms with Gasteiger partial charge >= 0.3 is 0 Å². The third kappa shape index (κ3) is 5.44. The number of rotatable bonds is 7. The lowest BCUT2D eigenvalue weighted by Crippen LogP contribution is -2.51. The van der Waals surface area contributed by atoms with E-state index in [-0.39, 0.29) is 23.9 Å². The second-order valence-corrected chi connectivity index (χ2v) is 9.32. The first kappa shape index (κ1) is 21.5. The largest absolute Gasteiger partial charge is 0.339 e. The number of amides is 1. The van der Waals surface area contributed by atoms with Crippen LogP contribution in [0.5, 0.6) is 0 Å². The van der Waals surface area contributed by atoms with Gasteiger partial charge in [-0.2, -0.15) is 4.31 Å². The third-order valence-corrected chi connectivity index (χ3v) is 7.15. The maximum absolute atomic E-state index is 13.3. The van der Waals surface area contributed by atoms with E-state index in [9.17, 15) is 13.2 Å². The Balaban J connectivity index is 1.81. The highest BCUT2D eigenvalue weighted by Gasteiger charge is 2.29. The van der Waals surface area contributed by atoms with E-state index in [1.54, 1.807) is 29.2 Å². The molecule has 1 heterocycles. The molecular weight excluding hydrogens is 386 g/mol. The van der Waals surface area contributed by atoms with Gasteiger partial charge < -0.3 is 9.80 Å². The van der Waals surface area contributed by atoms with E-state index in [1.807, 2.05) is 37.3 Å². The number of carbonyl (C=O) groups excluding carboxylic acids is 1. The monoisotopic (exact) mass is 415 g/mol. The molecule has 0 spiro atoms. The number of hydrogen-bond donors (Lipinski definition) is 0. The first-order valence-corrected chi connectivity index (χ1v) is 11.4. The van der Waals surface area contributed by atoms with E-state index in [0.29, 0.717) is 13.1 Å². The van der Waals surface area contributed by atoms with Gasteiger partial charge in [0.1, 0.15) is 0 Å². The molecule has 156 valence electrons. The van der Waals surface area contributed by atoms with Gasteiger partial charge in [-0.3, -0.25) is 4.79 Å². The smallest absolute Gasteiger partial charge is 0.243 e. The number of nitrogens with zero attached hydrogens (tertiary/aromatic N) is 3. The molecule has 0 radical (unpaired) electrons. The summed E-state index contributed by atoms with van der Waals surface area (Å²) in [5, 5.41) is 0. The zero-order chi connectivity index (χ0) is 20.9. The van der Waals surface area contributed by atoms with E-state index < -0.39 is 10.0 Å². The predicted molar refractivity (Wildman–Crippen MR) is 114 cm³/mol. The lowest BCUT2D eigenvalue weighted by Gasteiger charge is -2.35. The van der Waals surface area contributed by atoms with Crippen molar-refractivity contribution in [3.05, 3.63) is 65.7 Å². The minimum absolute atomic E-state index is 0.146.